The molecule has 0 amide bonds. The second-order valence-electron chi connectivity index (χ2n) is 4.56. The Hall–Kier alpha value is -3.16. The zero-order chi connectivity index (χ0) is 15.5. The molecule has 3 rings (SSSR count). The van der Waals surface area contributed by atoms with Crippen LogP contribution in [0, 0.1) is 17.0 Å². The lowest BCUT2D eigenvalue weighted by Crippen LogP contribution is -2.02. The van der Waals surface area contributed by atoms with Crippen LogP contribution >= 0.6 is 0 Å². The first-order valence-corrected chi connectivity index (χ1v) is 6.49. The summed E-state index contributed by atoms with van der Waals surface area (Å²) in [6.45, 7) is 2.01. The molecule has 112 valence electrons. The van der Waals surface area contributed by atoms with Gasteiger partial charge in [0.2, 0.25) is 11.7 Å². The van der Waals surface area contributed by atoms with Gasteiger partial charge in [0.25, 0.3) is 5.69 Å². The molecule has 0 saturated heterocycles. The topological polar surface area (TPSA) is 107 Å². The molecule has 1 aromatic carbocycles. The van der Waals surface area contributed by atoms with Crippen molar-refractivity contribution >= 4 is 11.4 Å². The first kappa shape index (κ1) is 13.8. The molecule has 1 N–H and O–H groups in total. The van der Waals surface area contributed by atoms with Gasteiger partial charge < -0.3 is 14.3 Å². The molecule has 0 radical (unpaired) electrons. The highest BCUT2D eigenvalue weighted by Crippen LogP contribution is 2.29. The minimum Gasteiger partial charge on any atom is -0.467 e. The van der Waals surface area contributed by atoms with Crippen molar-refractivity contribution in [2.24, 2.45) is 0 Å². The van der Waals surface area contributed by atoms with Crippen LogP contribution in [0.4, 0.5) is 11.4 Å². The molecule has 8 heteroatoms. The van der Waals surface area contributed by atoms with Gasteiger partial charge in [-0.1, -0.05) is 5.16 Å². The summed E-state index contributed by atoms with van der Waals surface area (Å²) in [5.74, 6) is 1.41. The number of nitrogens with zero attached hydrogens (tertiary/aromatic N) is 3. The molecule has 0 fully saturated rings. The molecule has 0 atom stereocenters. The minimum atomic E-state index is -0.457. The predicted molar refractivity (Wildman–Crippen MR) is 77.2 cm³/mol. The number of hydrogen-bond acceptors (Lipinski definition) is 7. The standard InChI is InChI=1S/C14H12N4O4/c1-9-16-14(17-22-9)10-4-5-12(13(7-10)18(19)20)15-8-11-3-2-6-21-11/h2-7,15H,8H2,1H3. The molecule has 0 aliphatic heterocycles. The lowest BCUT2D eigenvalue weighted by molar-refractivity contribution is -0.383. The van der Waals surface area contributed by atoms with Gasteiger partial charge in [0.15, 0.2) is 0 Å². The molecular formula is C14H12N4O4. The van der Waals surface area contributed by atoms with Crippen LogP contribution in [0.15, 0.2) is 45.5 Å². The van der Waals surface area contributed by atoms with Crippen LogP contribution in [0.3, 0.4) is 0 Å². The molecule has 22 heavy (non-hydrogen) atoms. The van der Waals surface area contributed by atoms with Crippen molar-refractivity contribution in [2.45, 2.75) is 13.5 Å². The first-order chi connectivity index (χ1) is 10.6. The van der Waals surface area contributed by atoms with Crippen LogP contribution in [-0.4, -0.2) is 15.1 Å². The Balaban J connectivity index is 1.88. The summed E-state index contributed by atoms with van der Waals surface area (Å²) in [6, 6.07) is 8.26. The first-order valence-electron chi connectivity index (χ1n) is 6.49. The van der Waals surface area contributed by atoms with Crippen LogP contribution in [0.2, 0.25) is 0 Å². The van der Waals surface area contributed by atoms with E-state index in [0.29, 0.717) is 35.3 Å². The molecule has 0 spiro atoms. The maximum absolute atomic E-state index is 11.2. The van der Waals surface area contributed by atoms with E-state index in [0.717, 1.165) is 0 Å². The van der Waals surface area contributed by atoms with E-state index in [1.54, 1.807) is 37.5 Å². The number of hydrogen-bond donors (Lipinski definition) is 1. The Morgan fingerprint density at radius 1 is 1.36 bits per heavy atom. The maximum atomic E-state index is 11.2. The zero-order valence-electron chi connectivity index (χ0n) is 11.6. The Labute approximate surface area is 124 Å². The number of aromatic nitrogens is 2. The van der Waals surface area contributed by atoms with Gasteiger partial charge in [-0.15, -0.1) is 0 Å². The molecule has 0 saturated carbocycles. The Kier molecular flexibility index (Phi) is 3.57. The fourth-order valence-electron chi connectivity index (χ4n) is 1.98. The summed E-state index contributed by atoms with van der Waals surface area (Å²) in [5, 5.41) is 18.0. The molecule has 0 bridgehead atoms. The third-order valence-corrected chi connectivity index (χ3v) is 3.01. The van der Waals surface area contributed by atoms with E-state index in [1.807, 2.05) is 0 Å². The summed E-state index contributed by atoms with van der Waals surface area (Å²) in [6.07, 6.45) is 1.55. The molecule has 2 aromatic heterocycles. The summed E-state index contributed by atoms with van der Waals surface area (Å²) in [5.41, 5.74) is 0.851. The third-order valence-electron chi connectivity index (χ3n) is 3.01. The number of rotatable bonds is 5. The van der Waals surface area contributed by atoms with Gasteiger partial charge in [0, 0.05) is 18.6 Å². The second kappa shape index (κ2) is 5.68. The number of anilines is 1. The second-order valence-corrected chi connectivity index (χ2v) is 4.56. The number of aryl methyl sites for hydroxylation is 1. The highest BCUT2D eigenvalue weighted by molar-refractivity contribution is 5.70. The largest absolute Gasteiger partial charge is 0.467 e. The molecule has 8 nitrogen and oxygen atoms in total. The summed E-state index contributed by atoms with van der Waals surface area (Å²) in [4.78, 5) is 14.9. The van der Waals surface area contributed by atoms with Gasteiger partial charge in [-0.25, -0.2) is 0 Å². The normalized spacial score (nSPS) is 10.6. The fourth-order valence-corrected chi connectivity index (χ4v) is 1.98. The average Bonchev–Trinajstić information content (AvgIpc) is 3.16. The van der Waals surface area contributed by atoms with Crippen molar-refractivity contribution in [3.05, 3.63) is 58.4 Å². The Morgan fingerprint density at radius 3 is 2.86 bits per heavy atom. The van der Waals surface area contributed by atoms with Gasteiger partial charge in [-0.05, 0) is 24.3 Å². The average molecular weight is 300 g/mol. The van der Waals surface area contributed by atoms with Crippen LogP contribution in [-0.2, 0) is 6.54 Å². The number of nitrogens with one attached hydrogen (secondary N) is 1. The van der Waals surface area contributed by atoms with Crippen LogP contribution in [0.25, 0.3) is 11.4 Å². The SMILES string of the molecule is Cc1nc(-c2ccc(NCc3ccco3)c([N+](=O)[O-])c2)no1. The highest BCUT2D eigenvalue weighted by Gasteiger charge is 2.17. The molecule has 3 aromatic rings. The lowest BCUT2D eigenvalue weighted by Gasteiger charge is -2.06. The zero-order valence-corrected chi connectivity index (χ0v) is 11.6. The fraction of sp³-hybridized carbons (Fsp3) is 0.143. The molecule has 0 aliphatic rings. The van der Waals surface area contributed by atoms with E-state index >= 15 is 0 Å². The van der Waals surface area contributed by atoms with Crippen LogP contribution in [0.5, 0.6) is 0 Å². The van der Waals surface area contributed by atoms with Gasteiger partial charge in [-0.2, -0.15) is 4.98 Å². The van der Waals surface area contributed by atoms with E-state index in [1.165, 1.54) is 6.07 Å². The minimum absolute atomic E-state index is 0.0634. The highest BCUT2D eigenvalue weighted by atomic mass is 16.6. The molecule has 0 unspecified atom stereocenters. The van der Waals surface area contributed by atoms with Crippen LogP contribution in [0.1, 0.15) is 11.7 Å². The smallest absolute Gasteiger partial charge is 0.293 e. The lowest BCUT2D eigenvalue weighted by atomic mass is 10.1. The van der Waals surface area contributed by atoms with Crippen LogP contribution < -0.4 is 5.32 Å². The summed E-state index contributed by atoms with van der Waals surface area (Å²) in [7, 11) is 0. The Bertz CT molecular complexity index is 795. The molecule has 0 aliphatic carbocycles. The van der Waals surface area contributed by atoms with E-state index in [2.05, 4.69) is 15.5 Å². The van der Waals surface area contributed by atoms with E-state index in [4.69, 9.17) is 8.94 Å². The van der Waals surface area contributed by atoms with Gasteiger partial charge in [0.1, 0.15) is 11.4 Å². The van der Waals surface area contributed by atoms with Crippen molar-refractivity contribution in [3.8, 4) is 11.4 Å². The monoisotopic (exact) mass is 300 g/mol. The summed E-state index contributed by atoms with van der Waals surface area (Å²) >= 11 is 0. The van der Waals surface area contributed by atoms with Crippen molar-refractivity contribution in [2.75, 3.05) is 5.32 Å². The summed E-state index contributed by atoms with van der Waals surface area (Å²) < 4.78 is 10.1. The number of nitro benzene ring substituents is 1. The van der Waals surface area contributed by atoms with E-state index in [9.17, 15) is 10.1 Å². The van der Waals surface area contributed by atoms with E-state index < -0.39 is 4.92 Å². The molecule has 2 heterocycles. The molecular weight excluding hydrogens is 288 g/mol. The third kappa shape index (κ3) is 2.80. The quantitative estimate of drug-likeness (QED) is 0.569. The number of furan rings is 1. The van der Waals surface area contributed by atoms with Crippen molar-refractivity contribution in [3.63, 3.8) is 0 Å². The van der Waals surface area contributed by atoms with Crippen molar-refractivity contribution in [1.29, 1.82) is 0 Å². The Morgan fingerprint density at radius 2 is 2.23 bits per heavy atom. The number of nitro groups is 1. The van der Waals surface area contributed by atoms with Gasteiger partial charge in [-0.3, -0.25) is 10.1 Å². The van der Waals surface area contributed by atoms with Gasteiger partial charge in [0.05, 0.1) is 17.7 Å². The van der Waals surface area contributed by atoms with Crippen molar-refractivity contribution < 1.29 is 13.9 Å². The maximum Gasteiger partial charge on any atom is 0.293 e. The predicted octanol–water partition coefficient (Wildman–Crippen LogP) is 3.16. The number of benzene rings is 1. The van der Waals surface area contributed by atoms with Gasteiger partial charge >= 0.3 is 0 Å². The van der Waals surface area contributed by atoms with E-state index in [-0.39, 0.29) is 5.69 Å². The van der Waals surface area contributed by atoms with Crippen molar-refractivity contribution in [1.82, 2.24) is 10.1 Å².